The van der Waals surface area contributed by atoms with Gasteiger partial charge in [-0.3, -0.25) is 0 Å². The van der Waals surface area contributed by atoms with Crippen LogP contribution in [-0.2, 0) is 0 Å². The lowest BCUT2D eigenvalue weighted by Crippen LogP contribution is -2.54. The van der Waals surface area contributed by atoms with Crippen LogP contribution in [0.1, 0.15) is 38.3 Å². The fourth-order valence-corrected chi connectivity index (χ4v) is 8.95. The highest BCUT2D eigenvalue weighted by atomic mass is 28.3. The van der Waals surface area contributed by atoms with Gasteiger partial charge in [0, 0.05) is 5.04 Å². The van der Waals surface area contributed by atoms with Crippen LogP contribution in [0.5, 0.6) is 0 Å². The van der Waals surface area contributed by atoms with Crippen LogP contribution in [0.2, 0.25) is 5.04 Å². The molecule has 2 aromatic rings. The van der Waals surface area contributed by atoms with E-state index in [0.29, 0.717) is 0 Å². The zero-order valence-corrected chi connectivity index (χ0v) is 18.6. The molecule has 1 heteroatoms. The largest absolute Gasteiger partial charge is 0.141 e. The molecule has 0 heterocycles. The average Bonchev–Trinajstić information content (AvgIpc) is 3.30. The summed E-state index contributed by atoms with van der Waals surface area (Å²) < 4.78 is 0. The Morgan fingerprint density at radius 2 is 1.36 bits per heavy atom. The van der Waals surface area contributed by atoms with Crippen molar-refractivity contribution in [1.82, 2.24) is 0 Å². The van der Waals surface area contributed by atoms with Crippen molar-refractivity contribution < 1.29 is 0 Å². The van der Waals surface area contributed by atoms with Gasteiger partial charge < -0.3 is 0 Å². The zero-order valence-electron chi connectivity index (χ0n) is 17.6. The second kappa shape index (κ2) is 7.22. The SMILES string of the molecule is CC1=CC(C2=CC=CC2)([Si](c2ccccc2C)c2ccccc2C)C(C)=C1C. The minimum atomic E-state index is -1.14. The summed E-state index contributed by atoms with van der Waals surface area (Å²) in [5.41, 5.74) is 8.83. The van der Waals surface area contributed by atoms with Gasteiger partial charge in [0.05, 0.1) is 0 Å². The van der Waals surface area contributed by atoms with Gasteiger partial charge in [-0.05, 0) is 46.6 Å². The molecule has 0 spiro atoms. The second-order valence-corrected chi connectivity index (χ2v) is 10.8. The molecule has 1 atom stereocenters. The summed E-state index contributed by atoms with van der Waals surface area (Å²) in [6.45, 7) is 11.5. The molecule has 0 saturated heterocycles. The minimum absolute atomic E-state index is 0.000556. The molecule has 4 rings (SSSR count). The summed E-state index contributed by atoms with van der Waals surface area (Å²) in [4.78, 5) is 0. The van der Waals surface area contributed by atoms with E-state index in [2.05, 4.69) is 107 Å². The highest BCUT2D eigenvalue weighted by Crippen LogP contribution is 2.56. The number of aryl methyl sites for hydroxylation is 2. The van der Waals surface area contributed by atoms with E-state index in [0.717, 1.165) is 6.42 Å². The molecule has 1 unspecified atom stereocenters. The van der Waals surface area contributed by atoms with Gasteiger partial charge in [-0.15, -0.1) is 0 Å². The van der Waals surface area contributed by atoms with E-state index in [-0.39, 0.29) is 5.04 Å². The smallest absolute Gasteiger partial charge is 0.0804 e. The first-order valence-electron chi connectivity index (χ1n) is 10.2. The predicted molar refractivity (Wildman–Crippen MR) is 124 cm³/mol. The van der Waals surface area contributed by atoms with Gasteiger partial charge in [0.1, 0.15) is 8.80 Å². The first-order valence-corrected chi connectivity index (χ1v) is 11.7. The molecule has 2 aliphatic rings. The molecule has 0 aliphatic heterocycles. The van der Waals surface area contributed by atoms with E-state index in [4.69, 9.17) is 0 Å². The molecule has 0 fully saturated rings. The fourth-order valence-electron chi connectivity index (χ4n) is 4.90. The molecule has 141 valence electrons. The molecular formula is C27H29Si. The topological polar surface area (TPSA) is 0 Å². The van der Waals surface area contributed by atoms with Crippen molar-refractivity contribution in [3.8, 4) is 0 Å². The van der Waals surface area contributed by atoms with Crippen molar-refractivity contribution in [3.05, 3.63) is 106 Å². The van der Waals surface area contributed by atoms with Gasteiger partial charge in [0.2, 0.25) is 0 Å². The van der Waals surface area contributed by atoms with Crippen LogP contribution in [0, 0.1) is 13.8 Å². The highest BCUT2D eigenvalue weighted by molar-refractivity contribution is 6.90. The Labute approximate surface area is 171 Å². The maximum atomic E-state index is 2.60. The Balaban J connectivity index is 2.08. The first kappa shape index (κ1) is 19.0. The summed E-state index contributed by atoms with van der Waals surface area (Å²) in [6, 6.07) is 18.1. The third-order valence-electron chi connectivity index (χ3n) is 6.68. The lowest BCUT2D eigenvalue weighted by molar-refractivity contribution is 0.884. The Morgan fingerprint density at radius 3 is 1.79 bits per heavy atom. The number of hydrogen-bond donors (Lipinski definition) is 0. The van der Waals surface area contributed by atoms with Crippen LogP contribution in [0.3, 0.4) is 0 Å². The van der Waals surface area contributed by atoms with Crippen LogP contribution in [0.4, 0.5) is 0 Å². The van der Waals surface area contributed by atoms with E-state index >= 15 is 0 Å². The number of hydrogen-bond acceptors (Lipinski definition) is 0. The molecule has 0 aromatic heterocycles. The lowest BCUT2D eigenvalue weighted by Gasteiger charge is -2.40. The summed E-state index contributed by atoms with van der Waals surface area (Å²) in [6.07, 6.45) is 10.6. The molecule has 0 bridgehead atoms. The van der Waals surface area contributed by atoms with Crippen LogP contribution >= 0.6 is 0 Å². The van der Waals surface area contributed by atoms with Gasteiger partial charge in [-0.1, -0.05) is 111 Å². The van der Waals surface area contributed by atoms with E-state index in [1.807, 2.05) is 0 Å². The molecule has 0 N–H and O–H groups in total. The van der Waals surface area contributed by atoms with Gasteiger partial charge in [0.15, 0.2) is 0 Å². The average molecular weight is 382 g/mol. The summed E-state index contributed by atoms with van der Waals surface area (Å²) in [5, 5.41) is 3.07. The molecule has 0 amide bonds. The van der Waals surface area contributed by atoms with Crippen molar-refractivity contribution in [2.24, 2.45) is 0 Å². The monoisotopic (exact) mass is 381 g/mol. The Bertz CT molecular complexity index is 1000. The number of rotatable bonds is 4. The number of allylic oxidation sites excluding steroid dienone is 8. The lowest BCUT2D eigenvalue weighted by atomic mass is 9.91. The van der Waals surface area contributed by atoms with Crippen molar-refractivity contribution in [2.75, 3.05) is 0 Å². The van der Waals surface area contributed by atoms with Crippen LogP contribution in [0.15, 0.2) is 95.1 Å². The van der Waals surface area contributed by atoms with E-state index in [9.17, 15) is 0 Å². The van der Waals surface area contributed by atoms with Crippen LogP contribution in [0.25, 0.3) is 0 Å². The summed E-state index contributed by atoms with van der Waals surface area (Å²) in [5.74, 6) is 0. The van der Waals surface area contributed by atoms with E-state index in [1.165, 1.54) is 32.6 Å². The van der Waals surface area contributed by atoms with Crippen LogP contribution in [-0.4, -0.2) is 8.80 Å². The highest BCUT2D eigenvalue weighted by Gasteiger charge is 2.48. The van der Waals surface area contributed by atoms with Gasteiger partial charge in [0.25, 0.3) is 0 Å². The van der Waals surface area contributed by atoms with Crippen molar-refractivity contribution in [1.29, 1.82) is 0 Å². The maximum Gasteiger partial charge on any atom is 0.141 e. The Kier molecular flexibility index (Phi) is 4.89. The van der Waals surface area contributed by atoms with E-state index < -0.39 is 8.80 Å². The van der Waals surface area contributed by atoms with Crippen LogP contribution < -0.4 is 10.4 Å². The second-order valence-electron chi connectivity index (χ2n) is 8.21. The Hall–Kier alpha value is -2.38. The van der Waals surface area contributed by atoms with Gasteiger partial charge >= 0.3 is 0 Å². The third kappa shape index (κ3) is 2.81. The molecule has 0 nitrogen and oxygen atoms in total. The predicted octanol–water partition coefficient (Wildman–Crippen LogP) is 5.84. The normalized spacial score (nSPS) is 21.5. The molecule has 1 radical (unpaired) electrons. The van der Waals surface area contributed by atoms with Gasteiger partial charge in [-0.2, -0.15) is 0 Å². The molecule has 2 aliphatic carbocycles. The van der Waals surface area contributed by atoms with Gasteiger partial charge in [-0.25, -0.2) is 0 Å². The molecule has 2 aromatic carbocycles. The number of benzene rings is 2. The quantitative estimate of drug-likeness (QED) is 0.584. The molecule has 0 saturated carbocycles. The Morgan fingerprint density at radius 1 is 0.786 bits per heavy atom. The third-order valence-corrected chi connectivity index (χ3v) is 10.5. The van der Waals surface area contributed by atoms with E-state index in [1.54, 1.807) is 11.1 Å². The summed E-state index contributed by atoms with van der Waals surface area (Å²) >= 11 is 0. The molecular weight excluding hydrogens is 352 g/mol. The fraction of sp³-hybridized carbons (Fsp3) is 0.259. The van der Waals surface area contributed by atoms with Crippen molar-refractivity contribution >= 4 is 19.2 Å². The molecule has 28 heavy (non-hydrogen) atoms. The summed E-state index contributed by atoms with van der Waals surface area (Å²) in [7, 11) is -1.14. The van der Waals surface area contributed by atoms with Crippen molar-refractivity contribution in [3.63, 3.8) is 0 Å². The standard InChI is InChI=1S/C27H29Si/c1-19-12-6-10-16-25(19)28(26-17-11-7-13-20(26)2)27(24-14-8-9-15-24)18-21(3)22(4)23(27)5/h6-14,16-18H,15H2,1-5H3. The van der Waals surface area contributed by atoms with Crippen molar-refractivity contribution in [2.45, 2.75) is 46.1 Å². The minimum Gasteiger partial charge on any atom is -0.0804 e. The zero-order chi connectivity index (χ0) is 19.9. The first-order chi connectivity index (χ1) is 13.5. The maximum absolute atomic E-state index is 2.60.